The lowest BCUT2D eigenvalue weighted by Gasteiger charge is -2.32. The molecule has 1 amide bonds. The van der Waals surface area contributed by atoms with Gasteiger partial charge in [-0.05, 0) is 50.9 Å². The van der Waals surface area contributed by atoms with Gasteiger partial charge >= 0.3 is 0 Å². The number of rotatable bonds is 4. The number of hydrogen-bond acceptors (Lipinski definition) is 2. The molecule has 3 heteroatoms. The SMILES string of the molecule is CCC1(C(=O)NC2CCC(CO)CC2)CCCC1. The van der Waals surface area contributed by atoms with Crippen LogP contribution in [0.3, 0.4) is 0 Å². The van der Waals surface area contributed by atoms with Crippen LogP contribution >= 0.6 is 0 Å². The van der Waals surface area contributed by atoms with E-state index in [9.17, 15) is 4.79 Å². The molecular formula is C15H27NO2. The molecule has 104 valence electrons. The fourth-order valence-corrected chi connectivity index (χ4v) is 3.62. The van der Waals surface area contributed by atoms with Gasteiger partial charge in [0.05, 0.1) is 0 Å². The minimum absolute atomic E-state index is 0.0617. The highest BCUT2D eigenvalue weighted by molar-refractivity contribution is 5.83. The van der Waals surface area contributed by atoms with E-state index in [-0.39, 0.29) is 5.41 Å². The summed E-state index contributed by atoms with van der Waals surface area (Å²) in [6.45, 7) is 2.45. The predicted molar refractivity (Wildman–Crippen MR) is 72.2 cm³/mol. The normalized spacial score (nSPS) is 31.2. The number of carbonyl (C=O) groups is 1. The van der Waals surface area contributed by atoms with Crippen LogP contribution in [0.5, 0.6) is 0 Å². The number of hydrogen-bond donors (Lipinski definition) is 2. The second-order valence-electron chi connectivity index (χ2n) is 6.21. The maximum Gasteiger partial charge on any atom is 0.226 e. The molecule has 2 aliphatic rings. The first-order chi connectivity index (χ1) is 8.70. The van der Waals surface area contributed by atoms with Crippen LogP contribution in [0.1, 0.15) is 64.7 Å². The van der Waals surface area contributed by atoms with E-state index in [1.165, 1.54) is 12.8 Å². The number of aliphatic hydroxyl groups excluding tert-OH is 1. The van der Waals surface area contributed by atoms with Crippen molar-refractivity contribution in [2.45, 2.75) is 70.8 Å². The van der Waals surface area contributed by atoms with Gasteiger partial charge in [-0.15, -0.1) is 0 Å². The lowest BCUT2D eigenvalue weighted by molar-refractivity contribution is -0.132. The highest BCUT2D eigenvalue weighted by Crippen LogP contribution is 2.41. The third kappa shape index (κ3) is 2.87. The lowest BCUT2D eigenvalue weighted by Crippen LogP contribution is -2.45. The Hall–Kier alpha value is -0.570. The van der Waals surface area contributed by atoms with Crippen molar-refractivity contribution in [3.63, 3.8) is 0 Å². The number of carbonyl (C=O) groups excluding carboxylic acids is 1. The summed E-state index contributed by atoms with van der Waals surface area (Å²) in [6.07, 6.45) is 9.72. The second kappa shape index (κ2) is 6.05. The van der Waals surface area contributed by atoms with Crippen molar-refractivity contribution in [1.82, 2.24) is 5.32 Å². The van der Waals surface area contributed by atoms with Crippen LogP contribution < -0.4 is 5.32 Å². The predicted octanol–water partition coefficient (Wildman–Crippen LogP) is 2.62. The van der Waals surface area contributed by atoms with E-state index in [4.69, 9.17) is 5.11 Å². The molecule has 2 rings (SSSR count). The fraction of sp³-hybridized carbons (Fsp3) is 0.933. The van der Waals surface area contributed by atoms with Crippen molar-refractivity contribution in [2.75, 3.05) is 6.61 Å². The van der Waals surface area contributed by atoms with Gasteiger partial charge in [0.1, 0.15) is 0 Å². The summed E-state index contributed by atoms with van der Waals surface area (Å²) in [5.41, 5.74) is -0.0617. The summed E-state index contributed by atoms with van der Waals surface area (Å²) in [4.78, 5) is 12.5. The average molecular weight is 253 g/mol. The van der Waals surface area contributed by atoms with E-state index >= 15 is 0 Å². The van der Waals surface area contributed by atoms with Gasteiger partial charge in [0.15, 0.2) is 0 Å². The molecule has 0 aromatic heterocycles. The zero-order valence-electron chi connectivity index (χ0n) is 11.6. The van der Waals surface area contributed by atoms with Gasteiger partial charge < -0.3 is 10.4 Å². The Bertz CT molecular complexity index is 276. The first kappa shape index (κ1) is 13.9. The monoisotopic (exact) mass is 253 g/mol. The van der Waals surface area contributed by atoms with Crippen molar-refractivity contribution in [3.05, 3.63) is 0 Å². The zero-order chi connectivity index (χ0) is 13.0. The molecule has 0 unspecified atom stereocenters. The fourth-order valence-electron chi connectivity index (χ4n) is 3.62. The van der Waals surface area contributed by atoms with E-state index in [2.05, 4.69) is 12.2 Å². The van der Waals surface area contributed by atoms with E-state index in [0.29, 0.717) is 24.5 Å². The van der Waals surface area contributed by atoms with Crippen LogP contribution in [-0.2, 0) is 4.79 Å². The van der Waals surface area contributed by atoms with Crippen molar-refractivity contribution in [1.29, 1.82) is 0 Å². The molecule has 18 heavy (non-hydrogen) atoms. The molecule has 0 aliphatic heterocycles. The Labute approximate surface area is 110 Å². The van der Waals surface area contributed by atoms with Gasteiger partial charge in [-0.3, -0.25) is 4.79 Å². The summed E-state index contributed by atoms with van der Waals surface area (Å²) in [5.74, 6) is 0.764. The molecule has 0 spiro atoms. The molecule has 2 aliphatic carbocycles. The topological polar surface area (TPSA) is 49.3 Å². The van der Waals surface area contributed by atoms with Crippen molar-refractivity contribution in [3.8, 4) is 0 Å². The molecular weight excluding hydrogens is 226 g/mol. The molecule has 0 aromatic rings. The highest BCUT2D eigenvalue weighted by Gasteiger charge is 2.40. The third-order valence-electron chi connectivity index (χ3n) is 5.16. The summed E-state index contributed by atoms with van der Waals surface area (Å²) in [6, 6.07) is 0.351. The summed E-state index contributed by atoms with van der Waals surface area (Å²) < 4.78 is 0. The summed E-state index contributed by atoms with van der Waals surface area (Å²) >= 11 is 0. The van der Waals surface area contributed by atoms with E-state index in [0.717, 1.165) is 44.9 Å². The van der Waals surface area contributed by atoms with Crippen molar-refractivity contribution < 1.29 is 9.90 Å². The zero-order valence-corrected chi connectivity index (χ0v) is 11.6. The van der Waals surface area contributed by atoms with Gasteiger partial charge in [-0.2, -0.15) is 0 Å². The smallest absolute Gasteiger partial charge is 0.226 e. The van der Waals surface area contributed by atoms with Crippen molar-refractivity contribution in [2.24, 2.45) is 11.3 Å². The lowest BCUT2D eigenvalue weighted by atomic mass is 9.81. The summed E-state index contributed by atoms with van der Waals surface area (Å²) in [7, 11) is 0. The van der Waals surface area contributed by atoms with Crippen LogP contribution in [0, 0.1) is 11.3 Å². The highest BCUT2D eigenvalue weighted by atomic mass is 16.3. The first-order valence-electron chi connectivity index (χ1n) is 7.62. The number of amides is 1. The van der Waals surface area contributed by atoms with Crippen LogP contribution in [0.15, 0.2) is 0 Å². The Balaban J connectivity index is 1.84. The number of aliphatic hydroxyl groups is 1. The molecule has 0 heterocycles. The quantitative estimate of drug-likeness (QED) is 0.809. The summed E-state index contributed by atoms with van der Waals surface area (Å²) in [5, 5.41) is 12.4. The third-order valence-corrected chi connectivity index (χ3v) is 5.16. The van der Waals surface area contributed by atoms with Crippen LogP contribution in [0.25, 0.3) is 0 Å². The second-order valence-corrected chi connectivity index (χ2v) is 6.21. The molecule has 0 bridgehead atoms. The van der Waals surface area contributed by atoms with Crippen LogP contribution in [-0.4, -0.2) is 23.7 Å². The maximum absolute atomic E-state index is 12.5. The molecule has 0 aromatic carbocycles. The molecule has 2 N–H and O–H groups in total. The molecule has 0 radical (unpaired) electrons. The van der Waals surface area contributed by atoms with Gasteiger partial charge in [0, 0.05) is 18.1 Å². The minimum Gasteiger partial charge on any atom is -0.396 e. The van der Waals surface area contributed by atoms with E-state index < -0.39 is 0 Å². The van der Waals surface area contributed by atoms with E-state index in [1.54, 1.807) is 0 Å². The standard InChI is InChI=1S/C15H27NO2/c1-2-15(9-3-4-10-15)14(18)16-13-7-5-12(11-17)6-8-13/h12-13,17H,2-11H2,1H3,(H,16,18). The Morgan fingerprint density at radius 3 is 2.33 bits per heavy atom. The van der Waals surface area contributed by atoms with Crippen LogP contribution in [0.2, 0.25) is 0 Å². The van der Waals surface area contributed by atoms with E-state index in [1.807, 2.05) is 0 Å². The Morgan fingerprint density at radius 2 is 1.83 bits per heavy atom. The van der Waals surface area contributed by atoms with Crippen molar-refractivity contribution >= 4 is 5.91 Å². The molecule has 2 fully saturated rings. The molecule has 3 nitrogen and oxygen atoms in total. The van der Waals surface area contributed by atoms with Gasteiger partial charge in [0.25, 0.3) is 0 Å². The molecule has 0 saturated heterocycles. The van der Waals surface area contributed by atoms with Gasteiger partial charge in [-0.1, -0.05) is 19.8 Å². The Kier molecular flexibility index (Phi) is 4.66. The first-order valence-corrected chi connectivity index (χ1v) is 7.62. The maximum atomic E-state index is 12.5. The Morgan fingerprint density at radius 1 is 1.22 bits per heavy atom. The average Bonchev–Trinajstić information content (AvgIpc) is 2.89. The largest absolute Gasteiger partial charge is 0.396 e. The van der Waals surface area contributed by atoms with Crippen LogP contribution in [0.4, 0.5) is 0 Å². The number of nitrogens with one attached hydrogen (secondary N) is 1. The molecule has 2 saturated carbocycles. The van der Waals surface area contributed by atoms with Gasteiger partial charge in [-0.25, -0.2) is 0 Å². The molecule has 0 atom stereocenters. The minimum atomic E-state index is -0.0617. The van der Waals surface area contributed by atoms with Gasteiger partial charge in [0.2, 0.25) is 5.91 Å².